The van der Waals surface area contributed by atoms with Crippen LogP contribution in [0.5, 0.6) is 11.5 Å². The fourth-order valence-electron chi connectivity index (χ4n) is 3.00. The number of hydrogen-bond acceptors (Lipinski definition) is 6. The average molecular weight is 579 g/mol. The molecule has 0 spiro atoms. The van der Waals surface area contributed by atoms with Crippen LogP contribution < -0.4 is 20.1 Å². The maximum atomic E-state index is 12.6. The Morgan fingerprint density at radius 2 is 1.47 bits per heavy atom. The summed E-state index contributed by atoms with van der Waals surface area (Å²) in [6, 6.07) is 13.9. The Labute approximate surface area is 222 Å². The smallest absolute Gasteiger partial charge is 0.422 e. The number of rotatable bonds is 9. The van der Waals surface area contributed by atoms with Crippen molar-refractivity contribution < 1.29 is 45.3 Å². The lowest BCUT2D eigenvalue weighted by atomic mass is 10.1. The molecule has 0 saturated heterocycles. The number of alkyl halides is 6. The number of nitrogens with one attached hydrogen (secondary N) is 2. The monoisotopic (exact) mass is 578 g/mol. The van der Waals surface area contributed by atoms with Crippen molar-refractivity contribution in [1.29, 1.82) is 0 Å². The Hall–Kier alpha value is -3.52. The van der Waals surface area contributed by atoms with E-state index >= 15 is 0 Å². The summed E-state index contributed by atoms with van der Waals surface area (Å²) in [4.78, 5) is 13.2. The number of halogens is 6. The summed E-state index contributed by atoms with van der Waals surface area (Å²) in [6.45, 7) is -1.56. The van der Waals surface area contributed by atoms with Crippen molar-refractivity contribution in [1.82, 2.24) is 0 Å². The fraction of sp³-hybridized carbons (Fsp3) is 0.250. The normalized spacial score (nSPS) is 11.6. The Balaban J connectivity index is 1.84. The van der Waals surface area contributed by atoms with Crippen molar-refractivity contribution in [2.75, 3.05) is 30.5 Å². The van der Waals surface area contributed by atoms with E-state index in [1.807, 2.05) is 30.3 Å². The van der Waals surface area contributed by atoms with E-state index in [2.05, 4.69) is 20.1 Å². The zero-order valence-electron chi connectivity index (χ0n) is 19.5. The first-order valence-electron chi connectivity index (χ1n) is 10.8. The highest BCUT2D eigenvalue weighted by atomic mass is 32.1. The van der Waals surface area contributed by atoms with Crippen LogP contribution in [0.4, 0.5) is 37.0 Å². The van der Waals surface area contributed by atoms with E-state index in [1.165, 1.54) is 11.3 Å². The van der Waals surface area contributed by atoms with E-state index in [0.717, 1.165) is 28.6 Å². The number of carbonyl (C=O) groups is 1. The van der Waals surface area contributed by atoms with Gasteiger partial charge in [-0.15, -0.1) is 11.3 Å². The molecule has 0 bridgehead atoms. The zero-order chi connectivity index (χ0) is 27.9. The highest BCUT2D eigenvalue weighted by Gasteiger charge is 2.30. The minimum atomic E-state index is -4.67. The highest BCUT2D eigenvalue weighted by molar-refractivity contribution is 7.80. The van der Waals surface area contributed by atoms with E-state index in [1.54, 1.807) is 13.0 Å². The lowest BCUT2D eigenvalue weighted by molar-refractivity contribution is -0.153. The summed E-state index contributed by atoms with van der Waals surface area (Å²) in [6.07, 6.45) is -9.35. The molecule has 0 aliphatic carbocycles. The predicted molar refractivity (Wildman–Crippen MR) is 135 cm³/mol. The van der Waals surface area contributed by atoms with Gasteiger partial charge in [0.15, 0.2) is 18.3 Å². The van der Waals surface area contributed by atoms with Crippen LogP contribution >= 0.6 is 23.6 Å². The second-order valence-electron chi connectivity index (χ2n) is 7.52. The molecule has 0 radical (unpaired) electrons. The minimum Gasteiger partial charge on any atom is -0.484 e. The van der Waals surface area contributed by atoms with Crippen molar-refractivity contribution in [3.8, 4) is 21.9 Å². The number of anilines is 2. The van der Waals surface area contributed by atoms with Crippen LogP contribution in [0, 0.1) is 0 Å². The summed E-state index contributed by atoms with van der Waals surface area (Å²) in [5.41, 5.74) is 1.00. The number of esters is 1. The van der Waals surface area contributed by atoms with Gasteiger partial charge in [-0.1, -0.05) is 30.3 Å². The molecule has 14 heteroatoms. The van der Waals surface area contributed by atoms with Crippen LogP contribution in [0.25, 0.3) is 10.4 Å². The molecule has 38 heavy (non-hydrogen) atoms. The van der Waals surface area contributed by atoms with Gasteiger partial charge in [0, 0.05) is 28.8 Å². The molecule has 0 unspecified atom stereocenters. The molecular formula is C24H20F6N2O4S2. The molecular weight excluding hydrogens is 558 g/mol. The molecule has 1 aromatic heterocycles. The second-order valence-corrected chi connectivity index (χ2v) is 8.98. The minimum absolute atomic E-state index is 0.0168. The molecule has 3 aromatic rings. The molecule has 3 rings (SSSR count). The Kier molecular flexibility index (Phi) is 9.44. The molecule has 1 heterocycles. The largest absolute Gasteiger partial charge is 0.484 e. The summed E-state index contributed by atoms with van der Waals surface area (Å²) < 4.78 is 90.0. The third-order valence-electron chi connectivity index (χ3n) is 4.46. The molecule has 204 valence electrons. The zero-order valence-corrected chi connectivity index (χ0v) is 21.2. The molecule has 2 N–H and O–H groups in total. The molecule has 6 nitrogen and oxygen atoms in total. The third-order valence-corrected chi connectivity index (χ3v) is 5.76. The number of hydrogen-bond donors (Lipinski definition) is 2. The first-order chi connectivity index (χ1) is 17.8. The standard InChI is InChI=1S/C24H20F6N2O4S2/c1-2-34-21(33)18-11-19(14-6-4-3-5-7-14)38-20(18)32-22(37)31-15-8-16(35-12-23(25,26)27)10-17(9-15)36-13-24(28,29)30/h3-11H,2,12-13H2,1H3,(H2,31,32,37). The first-order valence-corrected chi connectivity index (χ1v) is 12.0. The maximum Gasteiger partial charge on any atom is 0.422 e. The summed E-state index contributed by atoms with van der Waals surface area (Å²) in [5, 5.41) is 5.71. The van der Waals surface area contributed by atoms with Gasteiger partial charge in [-0.3, -0.25) is 0 Å². The molecule has 0 saturated carbocycles. The Bertz CT molecular complexity index is 1230. The van der Waals surface area contributed by atoms with Gasteiger partial charge in [0.2, 0.25) is 0 Å². The second kappa shape index (κ2) is 12.3. The van der Waals surface area contributed by atoms with Gasteiger partial charge in [-0.25, -0.2) is 4.79 Å². The first kappa shape index (κ1) is 29.0. The number of ether oxygens (including phenoxy) is 3. The summed E-state index contributed by atoms with van der Waals surface area (Å²) in [7, 11) is 0. The van der Waals surface area contributed by atoms with Gasteiger partial charge >= 0.3 is 18.3 Å². The van der Waals surface area contributed by atoms with Gasteiger partial charge in [0.25, 0.3) is 0 Å². The third kappa shape index (κ3) is 9.10. The number of benzene rings is 2. The van der Waals surface area contributed by atoms with Gasteiger partial charge < -0.3 is 24.8 Å². The van der Waals surface area contributed by atoms with Crippen molar-refractivity contribution >= 4 is 45.3 Å². The van der Waals surface area contributed by atoms with E-state index in [9.17, 15) is 31.1 Å². The van der Waals surface area contributed by atoms with Crippen LogP contribution in [0.3, 0.4) is 0 Å². The van der Waals surface area contributed by atoms with Gasteiger partial charge in [-0.05, 0) is 30.8 Å². The van der Waals surface area contributed by atoms with Crippen LogP contribution in [-0.2, 0) is 4.74 Å². The topological polar surface area (TPSA) is 68.8 Å². The van der Waals surface area contributed by atoms with Crippen molar-refractivity contribution in [2.45, 2.75) is 19.3 Å². The fourth-order valence-corrected chi connectivity index (χ4v) is 4.34. The molecule has 0 fully saturated rings. The number of carbonyl (C=O) groups excluding carboxylic acids is 1. The molecule has 0 aliphatic heterocycles. The van der Waals surface area contributed by atoms with Crippen molar-refractivity contribution in [2.24, 2.45) is 0 Å². The maximum absolute atomic E-state index is 12.6. The lowest BCUT2D eigenvalue weighted by Crippen LogP contribution is -2.22. The van der Waals surface area contributed by atoms with Gasteiger partial charge in [-0.2, -0.15) is 26.3 Å². The molecule has 0 atom stereocenters. The number of thiophene rings is 1. The van der Waals surface area contributed by atoms with Crippen LogP contribution in [-0.4, -0.2) is 43.3 Å². The van der Waals surface area contributed by atoms with Crippen molar-refractivity contribution in [3.05, 3.63) is 60.2 Å². The van der Waals surface area contributed by atoms with E-state index < -0.39 is 43.0 Å². The highest BCUT2D eigenvalue weighted by Crippen LogP contribution is 2.36. The quantitative estimate of drug-likeness (QED) is 0.157. The van der Waals surface area contributed by atoms with E-state index in [0.29, 0.717) is 5.00 Å². The van der Waals surface area contributed by atoms with Crippen molar-refractivity contribution in [3.63, 3.8) is 0 Å². The van der Waals surface area contributed by atoms with Crippen LogP contribution in [0.1, 0.15) is 17.3 Å². The van der Waals surface area contributed by atoms with Gasteiger partial charge in [0.05, 0.1) is 12.2 Å². The molecule has 0 aliphatic rings. The summed E-state index contributed by atoms with van der Waals surface area (Å²) in [5.74, 6) is -1.41. The Morgan fingerprint density at radius 1 is 0.895 bits per heavy atom. The predicted octanol–water partition coefficient (Wildman–Crippen LogP) is 7.28. The SMILES string of the molecule is CCOC(=O)c1cc(-c2ccccc2)sc1NC(=S)Nc1cc(OCC(F)(F)F)cc(OCC(F)(F)F)c1. The van der Waals surface area contributed by atoms with E-state index in [4.69, 9.17) is 17.0 Å². The van der Waals surface area contributed by atoms with E-state index in [-0.39, 0.29) is 23.0 Å². The van der Waals surface area contributed by atoms with Crippen LogP contribution in [0.2, 0.25) is 0 Å². The molecule has 2 aromatic carbocycles. The van der Waals surface area contributed by atoms with Crippen LogP contribution in [0.15, 0.2) is 54.6 Å². The summed E-state index contributed by atoms with van der Waals surface area (Å²) >= 11 is 6.47. The Morgan fingerprint density at radius 3 is 2.00 bits per heavy atom. The molecule has 0 amide bonds. The lowest BCUT2D eigenvalue weighted by Gasteiger charge is -2.16. The number of thiocarbonyl (C=S) groups is 1. The average Bonchev–Trinajstić information content (AvgIpc) is 3.25. The van der Waals surface area contributed by atoms with Gasteiger partial charge in [0.1, 0.15) is 16.5 Å².